The second kappa shape index (κ2) is 8.52. The number of rotatable bonds is 7. The Balaban J connectivity index is 1.79. The van der Waals surface area contributed by atoms with Crippen LogP contribution in [0.3, 0.4) is 0 Å². The second-order valence-corrected chi connectivity index (χ2v) is 6.60. The highest BCUT2D eigenvalue weighted by molar-refractivity contribution is 6.31. The van der Waals surface area contributed by atoms with Crippen LogP contribution in [0.25, 0.3) is 0 Å². The molecule has 0 spiro atoms. The highest BCUT2D eigenvalue weighted by atomic mass is 35.5. The van der Waals surface area contributed by atoms with Gasteiger partial charge in [-0.1, -0.05) is 18.0 Å². The van der Waals surface area contributed by atoms with Gasteiger partial charge in [-0.3, -0.25) is 4.79 Å². The van der Waals surface area contributed by atoms with Gasteiger partial charge in [-0.25, -0.2) is 0 Å². The van der Waals surface area contributed by atoms with Gasteiger partial charge >= 0.3 is 0 Å². The number of amides is 1. The Labute approximate surface area is 142 Å². The maximum Gasteiger partial charge on any atom is 0.225 e. The van der Waals surface area contributed by atoms with Crippen molar-refractivity contribution in [3.05, 3.63) is 23.2 Å². The zero-order valence-electron chi connectivity index (χ0n) is 13.7. The first-order valence-corrected chi connectivity index (χ1v) is 8.37. The van der Waals surface area contributed by atoms with Crippen LogP contribution < -0.4 is 10.1 Å². The molecule has 0 saturated heterocycles. The van der Waals surface area contributed by atoms with E-state index >= 15 is 0 Å². The lowest BCUT2D eigenvalue weighted by atomic mass is 10.1. The fourth-order valence-electron chi connectivity index (χ4n) is 3.00. The van der Waals surface area contributed by atoms with Crippen molar-refractivity contribution in [3.8, 4) is 5.75 Å². The van der Waals surface area contributed by atoms with Crippen LogP contribution >= 0.6 is 11.6 Å². The van der Waals surface area contributed by atoms with Crippen molar-refractivity contribution in [2.75, 3.05) is 32.6 Å². The zero-order valence-corrected chi connectivity index (χ0v) is 14.5. The molecule has 1 aliphatic rings. The number of halogens is 1. The molecule has 1 amide bonds. The molecule has 6 heteroatoms. The van der Waals surface area contributed by atoms with E-state index in [2.05, 4.69) is 10.2 Å². The van der Waals surface area contributed by atoms with Crippen LogP contribution in [0, 0.1) is 5.92 Å². The summed E-state index contributed by atoms with van der Waals surface area (Å²) in [6.07, 6.45) is 3.25. The number of carbonyl (C=O) groups is 1. The largest absolute Gasteiger partial charge is 0.495 e. The van der Waals surface area contributed by atoms with Crippen LogP contribution in [0.4, 0.5) is 5.69 Å². The standard InChI is InChI=1S/C17H25ClN2O3/c1-20(11-12-4-3-5-15(12)21)9-8-17(22)19-14-10-13(18)6-7-16(14)23-2/h6-7,10,12,15,21H,3-5,8-9,11H2,1-2H3,(H,19,22). The van der Waals surface area contributed by atoms with Crippen molar-refractivity contribution >= 4 is 23.2 Å². The molecule has 1 aromatic carbocycles. The van der Waals surface area contributed by atoms with Crippen LogP contribution in [-0.2, 0) is 4.79 Å². The number of benzene rings is 1. The van der Waals surface area contributed by atoms with E-state index in [1.165, 1.54) is 0 Å². The third-order valence-electron chi connectivity index (χ3n) is 4.32. The molecule has 0 bridgehead atoms. The molecule has 128 valence electrons. The maximum atomic E-state index is 12.1. The van der Waals surface area contributed by atoms with E-state index < -0.39 is 0 Å². The van der Waals surface area contributed by atoms with Gasteiger partial charge in [0.15, 0.2) is 0 Å². The van der Waals surface area contributed by atoms with Gasteiger partial charge < -0.3 is 20.1 Å². The van der Waals surface area contributed by atoms with E-state index in [9.17, 15) is 9.90 Å². The molecule has 0 aliphatic heterocycles. The van der Waals surface area contributed by atoms with E-state index in [1.807, 2.05) is 7.05 Å². The minimum Gasteiger partial charge on any atom is -0.495 e. The fraction of sp³-hybridized carbons (Fsp3) is 0.588. The molecular weight excluding hydrogens is 316 g/mol. The highest BCUT2D eigenvalue weighted by Gasteiger charge is 2.26. The van der Waals surface area contributed by atoms with Crippen molar-refractivity contribution in [2.45, 2.75) is 31.8 Å². The summed E-state index contributed by atoms with van der Waals surface area (Å²) >= 11 is 5.95. The normalized spacial score (nSPS) is 20.7. The fourth-order valence-corrected chi connectivity index (χ4v) is 3.18. The molecule has 2 rings (SSSR count). The predicted octanol–water partition coefficient (Wildman–Crippen LogP) is 2.77. The number of aliphatic hydroxyl groups excluding tert-OH is 1. The molecule has 23 heavy (non-hydrogen) atoms. The van der Waals surface area contributed by atoms with Gasteiger partial charge in [0, 0.05) is 24.5 Å². The molecular formula is C17H25ClN2O3. The maximum absolute atomic E-state index is 12.1. The molecule has 1 aliphatic carbocycles. The number of methoxy groups -OCH3 is 1. The smallest absolute Gasteiger partial charge is 0.225 e. The van der Waals surface area contributed by atoms with E-state index in [1.54, 1.807) is 25.3 Å². The van der Waals surface area contributed by atoms with Gasteiger partial charge in [-0.05, 0) is 44.0 Å². The Bertz CT molecular complexity index is 539. The number of hydrogen-bond acceptors (Lipinski definition) is 4. The van der Waals surface area contributed by atoms with Gasteiger partial charge in [-0.2, -0.15) is 0 Å². The van der Waals surface area contributed by atoms with Crippen LogP contribution in [-0.4, -0.2) is 49.3 Å². The predicted molar refractivity (Wildman–Crippen MR) is 92.1 cm³/mol. The minimum atomic E-state index is -0.193. The van der Waals surface area contributed by atoms with Crippen LogP contribution in [0.5, 0.6) is 5.75 Å². The molecule has 0 aromatic heterocycles. The molecule has 2 atom stereocenters. The summed E-state index contributed by atoms with van der Waals surface area (Å²) in [5, 5.41) is 13.2. The number of hydrogen-bond donors (Lipinski definition) is 2. The SMILES string of the molecule is COc1ccc(Cl)cc1NC(=O)CCN(C)CC1CCCC1O. The summed E-state index contributed by atoms with van der Waals surface area (Å²) in [7, 11) is 3.54. The lowest BCUT2D eigenvalue weighted by Crippen LogP contribution is -2.32. The van der Waals surface area contributed by atoms with E-state index in [0.717, 1.165) is 25.8 Å². The summed E-state index contributed by atoms with van der Waals surface area (Å²) in [4.78, 5) is 14.2. The Hall–Kier alpha value is -1.30. The monoisotopic (exact) mass is 340 g/mol. The van der Waals surface area contributed by atoms with Crippen molar-refractivity contribution in [1.82, 2.24) is 4.90 Å². The van der Waals surface area contributed by atoms with Gasteiger partial charge in [0.1, 0.15) is 5.75 Å². The number of anilines is 1. The number of nitrogens with one attached hydrogen (secondary N) is 1. The topological polar surface area (TPSA) is 61.8 Å². The van der Waals surface area contributed by atoms with Crippen molar-refractivity contribution in [3.63, 3.8) is 0 Å². The number of carbonyl (C=O) groups excluding carboxylic acids is 1. The molecule has 1 aromatic rings. The Morgan fingerprint density at radius 3 is 2.91 bits per heavy atom. The van der Waals surface area contributed by atoms with Crippen LogP contribution in [0.15, 0.2) is 18.2 Å². The molecule has 2 N–H and O–H groups in total. The first kappa shape index (κ1) is 18.0. The Morgan fingerprint density at radius 2 is 2.26 bits per heavy atom. The summed E-state index contributed by atoms with van der Waals surface area (Å²) in [6, 6.07) is 5.12. The van der Waals surface area contributed by atoms with Crippen LogP contribution in [0.2, 0.25) is 5.02 Å². The number of ether oxygens (including phenoxy) is 1. The highest BCUT2D eigenvalue weighted by Crippen LogP contribution is 2.28. The number of aliphatic hydroxyl groups is 1. The van der Waals surface area contributed by atoms with Gasteiger partial charge in [0.25, 0.3) is 0 Å². The minimum absolute atomic E-state index is 0.0793. The molecule has 0 heterocycles. The van der Waals surface area contributed by atoms with Gasteiger partial charge in [0.2, 0.25) is 5.91 Å². The average molecular weight is 341 g/mol. The molecule has 1 fully saturated rings. The summed E-state index contributed by atoms with van der Waals surface area (Å²) in [5.41, 5.74) is 0.582. The van der Waals surface area contributed by atoms with E-state index in [4.69, 9.17) is 16.3 Å². The Kier molecular flexibility index (Phi) is 6.69. The lowest BCUT2D eigenvalue weighted by Gasteiger charge is -2.22. The summed E-state index contributed by atoms with van der Waals surface area (Å²) in [5.74, 6) is 0.839. The molecule has 2 unspecified atom stereocenters. The average Bonchev–Trinajstić information content (AvgIpc) is 2.91. The third kappa shape index (κ3) is 5.37. The first-order valence-electron chi connectivity index (χ1n) is 7.99. The number of nitrogens with zero attached hydrogens (tertiary/aromatic N) is 1. The van der Waals surface area contributed by atoms with Gasteiger partial charge in [-0.15, -0.1) is 0 Å². The molecule has 0 radical (unpaired) electrons. The van der Waals surface area contributed by atoms with Crippen molar-refractivity contribution in [2.24, 2.45) is 5.92 Å². The second-order valence-electron chi connectivity index (χ2n) is 6.16. The molecule has 1 saturated carbocycles. The van der Waals surface area contributed by atoms with Crippen molar-refractivity contribution < 1.29 is 14.6 Å². The lowest BCUT2D eigenvalue weighted by molar-refractivity contribution is -0.116. The summed E-state index contributed by atoms with van der Waals surface area (Å²) < 4.78 is 5.22. The third-order valence-corrected chi connectivity index (χ3v) is 4.56. The Morgan fingerprint density at radius 1 is 1.48 bits per heavy atom. The zero-order chi connectivity index (χ0) is 16.8. The van der Waals surface area contributed by atoms with Crippen molar-refractivity contribution in [1.29, 1.82) is 0 Å². The quantitative estimate of drug-likeness (QED) is 0.801. The van der Waals surface area contributed by atoms with Crippen LogP contribution in [0.1, 0.15) is 25.7 Å². The van der Waals surface area contributed by atoms with E-state index in [0.29, 0.717) is 35.3 Å². The first-order chi connectivity index (χ1) is 11.0. The summed E-state index contributed by atoms with van der Waals surface area (Å²) in [6.45, 7) is 1.48. The van der Waals surface area contributed by atoms with Gasteiger partial charge in [0.05, 0.1) is 18.9 Å². The van der Waals surface area contributed by atoms with E-state index in [-0.39, 0.29) is 12.0 Å². The molecule has 5 nitrogen and oxygen atoms in total.